The highest BCUT2D eigenvalue weighted by Gasteiger charge is 2.41. The van der Waals surface area contributed by atoms with Gasteiger partial charge >= 0.3 is 0 Å². The van der Waals surface area contributed by atoms with E-state index >= 15 is 0 Å². The van der Waals surface area contributed by atoms with E-state index in [1.807, 2.05) is 0 Å². The number of nitrogens with zero attached hydrogens (tertiary/aromatic N) is 3. The fourth-order valence-corrected chi connectivity index (χ4v) is 3.44. The van der Waals surface area contributed by atoms with E-state index < -0.39 is 5.79 Å². The molecule has 2 aliphatic heterocycles. The van der Waals surface area contributed by atoms with Crippen LogP contribution < -0.4 is 5.32 Å². The standard InChI is InChI=1S/C20H22N4O4/c1-14(25)15-2-4-16(5-3-15)23-18-13-21-17(12-22-18)19(26)24-8-6-20(7-9-24)27-10-11-28-20/h2-5,12-13H,6-11H2,1H3,(H,22,23). The lowest BCUT2D eigenvalue weighted by Crippen LogP contribution is -2.47. The lowest BCUT2D eigenvalue weighted by molar-refractivity contribution is -0.181. The molecule has 0 saturated carbocycles. The van der Waals surface area contributed by atoms with Gasteiger partial charge in [-0.05, 0) is 31.2 Å². The number of nitrogens with one attached hydrogen (secondary N) is 1. The van der Waals surface area contributed by atoms with Crippen molar-refractivity contribution in [3.63, 3.8) is 0 Å². The molecule has 146 valence electrons. The van der Waals surface area contributed by atoms with E-state index in [0.29, 0.717) is 56.2 Å². The van der Waals surface area contributed by atoms with Crippen LogP contribution in [0.2, 0.25) is 0 Å². The summed E-state index contributed by atoms with van der Waals surface area (Å²) < 4.78 is 11.4. The minimum atomic E-state index is -0.506. The average molecular weight is 382 g/mol. The van der Waals surface area contributed by atoms with Crippen LogP contribution in [-0.4, -0.2) is 58.6 Å². The second kappa shape index (κ2) is 7.65. The van der Waals surface area contributed by atoms with Crippen molar-refractivity contribution in [3.8, 4) is 0 Å². The van der Waals surface area contributed by atoms with Crippen LogP contribution in [0.5, 0.6) is 0 Å². The van der Waals surface area contributed by atoms with Gasteiger partial charge < -0.3 is 19.7 Å². The Morgan fingerprint density at radius 2 is 1.71 bits per heavy atom. The molecule has 1 amide bonds. The number of benzene rings is 1. The number of Topliss-reactive ketones (excluding diaryl/α,β-unsaturated/α-hetero) is 1. The molecule has 1 aromatic carbocycles. The first-order valence-electron chi connectivity index (χ1n) is 9.32. The third-order valence-corrected chi connectivity index (χ3v) is 5.06. The van der Waals surface area contributed by atoms with Crippen LogP contribution in [0.4, 0.5) is 11.5 Å². The minimum Gasteiger partial charge on any atom is -0.347 e. The maximum Gasteiger partial charge on any atom is 0.274 e. The van der Waals surface area contributed by atoms with Crippen LogP contribution in [0, 0.1) is 0 Å². The van der Waals surface area contributed by atoms with Crippen molar-refractivity contribution in [1.82, 2.24) is 14.9 Å². The Morgan fingerprint density at radius 1 is 1.04 bits per heavy atom. The van der Waals surface area contributed by atoms with Crippen molar-refractivity contribution in [2.24, 2.45) is 0 Å². The molecule has 0 aliphatic carbocycles. The zero-order chi connectivity index (χ0) is 19.6. The van der Waals surface area contributed by atoms with Gasteiger partial charge in [0.15, 0.2) is 11.6 Å². The molecular weight excluding hydrogens is 360 g/mol. The van der Waals surface area contributed by atoms with Crippen LogP contribution in [0.15, 0.2) is 36.7 Å². The van der Waals surface area contributed by atoms with Crippen LogP contribution in [-0.2, 0) is 9.47 Å². The highest BCUT2D eigenvalue weighted by Crippen LogP contribution is 2.31. The molecule has 4 rings (SSSR count). The normalized spacial score (nSPS) is 18.2. The van der Waals surface area contributed by atoms with E-state index in [1.54, 1.807) is 29.2 Å². The van der Waals surface area contributed by atoms with Crippen molar-refractivity contribution in [1.29, 1.82) is 0 Å². The van der Waals surface area contributed by atoms with Crippen molar-refractivity contribution >= 4 is 23.2 Å². The Labute approximate surface area is 162 Å². The second-order valence-corrected chi connectivity index (χ2v) is 6.95. The van der Waals surface area contributed by atoms with Gasteiger partial charge in [-0.25, -0.2) is 9.97 Å². The summed E-state index contributed by atoms with van der Waals surface area (Å²) >= 11 is 0. The van der Waals surface area contributed by atoms with Gasteiger partial charge in [-0.15, -0.1) is 0 Å². The smallest absolute Gasteiger partial charge is 0.274 e. The van der Waals surface area contributed by atoms with Gasteiger partial charge in [-0.2, -0.15) is 0 Å². The second-order valence-electron chi connectivity index (χ2n) is 6.95. The third-order valence-electron chi connectivity index (χ3n) is 5.06. The zero-order valence-corrected chi connectivity index (χ0v) is 15.7. The average Bonchev–Trinajstić information content (AvgIpc) is 3.17. The van der Waals surface area contributed by atoms with E-state index in [2.05, 4.69) is 15.3 Å². The predicted molar refractivity (Wildman–Crippen MR) is 102 cm³/mol. The molecule has 1 N–H and O–H groups in total. The number of piperidine rings is 1. The molecule has 8 heteroatoms. The number of hydrogen-bond acceptors (Lipinski definition) is 7. The van der Waals surface area contributed by atoms with Crippen LogP contribution in [0.25, 0.3) is 0 Å². The van der Waals surface area contributed by atoms with E-state index in [-0.39, 0.29) is 11.7 Å². The summed E-state index contributed by atoms with van der Waals surface area (Å²) in [5.74, 6) is -0.104. The number of ketones is 1. The topological polar surface area (TPSA) is 93.7 Å². The van der Waals surface area contributed by atoms with Gasteiger partial charge in [-0.3, -0.25) is 9.59 Å². The maximum absolute atomic E-state index is 12.7. The van der Waals surface area contributed by atoms with Gasteiger partial charge in [0, 0.05) is 37.2 Å². The summed E-state index contributed by atoms with van der Waals surface area (Å²) in [4.78, 5) is 34.3. The molecule has 3 heterocycles. The molecule has 2 fully saturated rings. The lowest BCUT2D eigenvalue weighted by atomic mass is 10.0. The Bertz CT molecular complexity index is 851. The summed E-state index contributed by atoms with van der Waals surface area (Å²) in [6.45, 7) is 3.91. The SMILES string of the molecule is CC(=O)c1ccc(Nc2cnc(C(=O)N3CCC4(CC3)OCCO4)cn2)cc1. The fraction of sp³-hybridized carbons (Fsp3) is 0.400. The Kier molecular flexibility index (Phi) is 5.06. The molecule has 0 atom stereocenters. The van der Waals surface area contributed by atoms with E-state index in [4.69, 9.17) is 9.47 Å². The van der Waals surface area contributed by atoms with Crippen LogP contribution >= 0.6 is 0 Å². The molecule has 2 aliphatic rings. The van der Waals surface area contributed by atoms with Crippen LogP contribution in [0.3, 0.4) is 0 Å². The number of rotatable bonds is 4. The first kappa shape index (κ1) is 18.5. The van der Waals surface area contributed by atoms with Crippen molar-refractivity contribution in [2.45, 2.75) is 25.6 Å². The summed E-state index contributed by atoms with van der Waals surface area (Å²) in [7, 11) is 0. The number of carbonyl (C=O) groups is 2. The Balaban J connectivity index is 1.36. The number of amides is 1. The highest BCUT2D eigenvalue weighted by molar-refractivity contribution is 5.94. The predicted octanol–water partition coefficient (Wildman–Crippen LogP) is 2.40. The van der Waals surface area contributed by atoms with E-state index in [1.165, 1.54) is 19.3 Å². The summed E-state index contributed by atoms with van der Waals surface area (Å²) in [5, 5.41) is 3.11. The maximum atomic E-state index is 12.7. The number of likely N-dealkylation sites (tertiary alicyclic amines) is 1. The zero-order valence-electron chi connectivity index (χ0n) is 15.7. The largest absolute Gasteiger partial charge is 0.347 e. The van der Waals surface area contributed by atoms with Gasteiger partial charge in [0.05, 0.1) is 25.6 Å². The summed E-state index contributed by atoms with van der Waals surface area (Å²) in [6.07, 6.45) is 4.34. The molecule has 8 nitrogen and oxygen atoms in total. The minimum absolute atomic E-state index is 0.0175. The van der Waals surface area contributed by atoms with Crippen molar-refractivity contribution in [3.05, 3.63) is 47.9 Å². The first-order chi connectivity index (χ1) is 13.5. The molecular formula is C20H22N4O4. The van der Waals surface area contributed by atoms with Crippen molar-refractivity contribution < 1.29 is 19.1 Å². The van der Waals surface area contributed by atoms with E-state index in [9.17, 15) is 9.59 Å². The number of aromatic nitrogens is 2. The lowest BCUT2D eigenvalue weighted by Gasteiger charge is -2.37. The molecule has 1 aromatic heterocycles. The third kappa shape index (κ3) is 3.88. The molecule has 2 saturated heterocycles. The molecule has 2 aromatic rings. The molecule has 0 radical (unpaired) electrons. The monoisotopic (exact) mass is 382 g/mol. The van der Waals surface area contributed by atoms with Gasteiger partial charge in [0.1, 0.15) is 11.5 Å². The van der Waals surface area contributed by atoms with Crippen molar-refractivity contribution in [2.75, 3.05) is 31.6 Å². The Morgan fingerprint density at radius 3 is 2.29 bits per heavy atom. The number of carbonyl (C=O) groups excluding carboxylic acids is 2. The first-order valence-corrected chi connectivity index (χ1v) is 9.32. The van der Waals surface area contributed by atoms with Gasteiger partial charge in [0.25, 0.3) is 5.91 Å². The number of hydrogen-bond donors (Lipinski definition) is 1. The quantitative estimate of drug-likeness (QED) is 0.812. The van der Waals surface area contributed by atoms with Crippen LogP contribution in [0.1, 0.15) is 40.6 Å². The molecule has 0 unspecified atom stereocenters. The number of anilines is 2. The van der Waals surface area contributed by atoms with Gasteiger partial charge in [0.2, 0.25) is 0 Å². The van der Waals surface area contributed by atoms with Gasteiger partial charge in [-0.1, -0.05) is 0 Å². The highest BCUT2D eigenvalue weighted by atomic mass is 16.7. The van der Waals surface area contributed by atoms with E-state index in [0.717, 1.165) is 5.69 Å². The molecule has 0 bridgehead atoms. The molecule has 1 spiro atoms. The number of ether oxygens (including phenoxy) is 2. The summed E-state index contributed by atoms with van der Waals surface area (Å²) in [6, 6.07) is 7.09. The Hall–Kier alpha value is -2.84. The summed E-state index contributed by atoms with van der Waals surface area (Å²) in [5.41, 5.74) is 1.74. The fourth-order valence-electron chi connectivity index (χ4n) is 3.44. The molecule has 28 heavy (non-hydrogen) atoms.